The fourth-order valence-electron chi connectivity index (χ4n) is 6.89. The molecule has 4 N–H and O–H groups in total. The molecule has 2 aliphatic carbocycles. The molecule has 0 aliphatic heterocycles. The Morgan fingerprint density at radius 3 is 1.16 bits per heavy atom. The summed E-state index contributed by atoms with van der Waals surface area (Å²) in [6.45, 7) is 24.5. The molecule has 1 aromatic heterocycles. The van der Waals surface area contributed by atoms with Crippen LogP contribution in [0.25, 0.3) is 11.1 Å². The van der Waals surface area contributed by atoms with Crippen LogP contribution in [0, 0.1) is 21.7 Å². The smallest absolute Gasteiger partial charge is 0.186 e. The van der Waals surface area contributed by atoms with E-state index in [2.05, 4.69) is 0 Å². The molecule has 2 aromatic carbocycles. The number of allylic oxidation sites excluding steroid dienone is 10. The molecule has 290 valence electrons. The molecule has 9 heteroatoms. The Kier molecular flexibility index (Phi) is 11.6. The number of halogens is 4. The number of hydrogen-bond donors (Lipinski definition) is 2. The minimum Gasteiger partial charge on any atom is -0.399 e. The van der Waals surface area contributed by atoms with Crippen LogP contribution in [0.3, 0.4) is 0 Å². The number of hydrogen-bond acceptors (Lipinski definition) is 5. The third-order valence-electron chi connectivity index (χ3n) is 9.74. The number of benzene rings is 2. The molecule has 55 heavy (non-hydrogen) atoms. The fraction of sp³-hybridized carbons (Fsp3) is 0.348. The lowest BCUT2D eigenvalue weighted by Crippen LogP contribution is -2.28. The van der Waals surface area contributed by atoms with Gasteiger partial charge in [0.25, 0.3) is 0 Å². The Hall–Kier alpha value is -3.32. The first-order chi connectivity index (χ1) is 25.1. The third kappa shape index (κ3) is 8.67. The van der Waals surface area contributed by atoms with Crippen molar-refractivity contribution in [2.75, 3.05) is 11.5 Å². The second kappa shape index (κ2) is 14.9. The quantitative estimate of drug-likeness (QED) is 0.256. The van der Waals surface area contributed by atoms with Gasteiger partial charge in [0.15, 0.2) is 11.6 Å². The average Bonchev–Trinajstić information content (AvgIpc) is 3.48. The van der Waals surface area contributed by atoms with Gasteiger partial charge in [0.2, 0.25) is 0 Å². The lowest BCUT2D eigenvalue weighted by molar-refractivity contribution is -0.114. The Labute approximate surface area is 350 Å². The molecular weight excluding hydrogens is 786 g/mol. The van der Waals surface area contributed by atoms with Crippen molar-refractivity contribution in [1.29, 1.82) is 0 Å². The second-order valence-corrected chi connectivity index (χ2v) is 21.2. The molecule has 0 spiro atoms. The van der Waals surface area contributed by atoms with E-state index in [9.17, 15) is 9.59 Å². The van der Waals surface area contributed by atoms with Gasteiger partial charge in [-0.15, -0.1) is 11.3 Å². The Morgan fingerprint density at radius 1 is 0.509 bits per heavy atom. The van der Waals surface area contributed by atoms with Gasteiger partial charge in [-0.25, -0.2) is 0 Å². The summed E-state index contributed by atoms with van der Waals surface area (Å²) in [6.07, 6.45) is 7.86. The van der Waals surface area contributed by atoms with Crippen LogP contribution < -0.4 is 11.5 Å². The van der Waals surface area contributed by atoms with E-state index in [0.717, 1.165) is 32.0 Å². The monoisotopic (exact) mass is 834 g/mol. The van der Waals surface area contributed by atoms with E-state index in [0.29, 0.717) is 64.9 Å². The highest BCUT2D eigenvalue weighted by atomic mass is 35.5. The number of rotatable bonds is 4. The number of carbonyl (C=O) groups excluding carboxylic acids is 2. The van der Waals surface area contributed by atoms with Crippen LogP contribution in [0.15, 0.2) is 94.1 Å². The number of thiophene rings is 1. The summed E-state index contributed by atoms with van der Waals surface area (Å²) in [6, 6.07) is 10.8. The molecule has 2 aliphatic rings. The summed E-state index contributed by atoms with van der Waals surface area (Å²) in [5, 5.41) is 1.54. The van der Waals surface area contributed by atoms with E-state index in [1.54, 1.807) is 24.3 Å². The normalized spacial score (nSPS) is 15.9. The predicted molar refractivity (Wildman–Crippen MR) is 238 cm³/mol. The lowest BCUT2D eigenvalue weighted by Gasteiger charge is -2.32. The van der Waals surface area contributed by atoms with E-state index in [4.69, 9.17) is 57.9 Å². The summed E-state index contributed by atoms with van der Waals surface area (Å²) in [5.74, 6) is 0.0265. The van der Waals surface area contributed by atoms with Crippen molar-refractivity contribution in [3.63, 3.8) is 0 Å². The molecule has 0 saturated carbocycles. The van der Waals surface area contributed by atoms with Gasteiger partial charge in [-0.05, 0) is 93.5 Å². The van der Waals surface area contributed by atoms with Crippen molar-refractivity contribution in [3.05, 3.63) is 135 Å². The summed E-state index contributed by atoms with van der Waals surface area (Å²) in [4.78, 5) is 29.8. The highest BCUT2D eigenvalue weighted by Crippen LogP contribution is 2.50. The number of carbonyl (C=O) groups is 2. The van der Waals surface area contributed by atoms with Crippen molar-refractivity contribution < 1.29 is 9.59 Å². The molecule has 1 heterocycles. The van der Waals surface area contributed by atoms with Crippen LogP contribution >= 0.6 is 57.7 Å². The molecule has 0 unspecified atom stereocenters. The molecule has 0 amide bonds. The molecule has 0 saturated heterocycles. The van der Waals surface area contributed by atoms with Crippen molar-refractivity contribution >= 4 is 91.8 Å². The van der Waals surface area contributed by atoms with Gasteiger partial charge in [-0.1, -0.05) is 129 Å². The minimum absolute atomic E-state index is 0.0130. The molecule has 0 radical (unpaired) electrons. The first kappa shape index (κ1) is 42.8. The minimum atomic E-state index is -0.458. The highest BCUT2D eigenvalue weighted by molar-refractivity contribution is 7.14. The van der Waals surface area contributed by atoms with E-state index >= 15 is 0 Å². The molecule has 3 aromatic rings. The fourth-order valence-corrected chi connectivity index (χ4v) is 9.34. The highest BCUT2D eigenvalue weighted by Gasteiger charge is 2.37. The predicted octanol–water partition coefficient (Wildman–Crippen LogP) is 14.2. The average molecular weight is 837 g/mol. The van der Waals surface area contributed by atoms with Crippen LogP contribution in [-0.4, -0.2) is 11.6 Å². The summed E-state index contributed by atoms with van der Waals surface area (Å²) in [5.41, 5.74) is 19.0. The third-order valence-corrected chi connectivity index (χ3v) is 12.0. The van der Waals surface area contributed by atoms with Crippen molar-refractivity contribution in [3.8, 4) is 0 Å². The van der Waals surface area contributed by atoms with Gasteiger partial charge >= 0.3 is 0 Å². The summed E-state index contributed by atoms with van der Waals surface area (Å²) >= 11 is 29.1. The molecule has 0 bridgehead atoms. The topological polar surface area (TPSA) is 86.2 Å². The standard InChI is InChI=1S/C46H50Cl4N2O2S/c1-43(2,3)27-15-23(16-28(41(27)53)44(4,5)6)37(39-32(49)21-26(51)22-33(39)50)35-13-14-36(55-35)38(40-31(48)19-25(47)20-34(40)52)24-17-29(45(7,8)9)42(54)30(18-24)46(10,11)12/h13-22H,51-52H2,1-12H3. The van der Waals surface area contributed by atoms with Gasteiger partial charge in [0.1, 0.15) is 0 Å². The van der Waals surface area contributed by atoms with Gasteiger partial charge in [-0.3, -0.25) is 9.59 Å². The zero-order chi connectivity index (χ0) is 41.3. The second-order valence-electron chi connectivity index (χ2n) is 18.4. The largest absolute Gasteiger partial charge is 0.399 e. The van der Waals surface area contributed by atoms with Gasteiger partial charge < -0.3 is 11.5 Å². The zero-order valence-electron chi connectivity index (χ0n) is 33.7. The van der Waals surface area contributed by atoms with E-state index in [-0.39, 0.29) is 11.6 Å². The summed E-state index contributed by atoms with van der Waals surface area (Å²) < 4.78 is 0. The van der Waals surface area contributed by atoms with E-state index in [1.807, 2.05) is 120 Å². The molecule has 0 fully saturated rings. The lowest BCUT2D eigenvalue weighted by atomic mass is 9.71. The van der Waals surface area contributed by atoms with Crippen LogP contribution in [0.5, 0.6) is 0 Å². The van der Waals surface area contributed by atoms with Crippen molar-refractivity contribution in [2.24, 2.45) is 21.7 Å². The van der Waals surface area contributed by atoms with Gasteiger partial charge in [0, 0.05) is 70.7 Å². The number of Topliss-reactive ketones (excluding diaryl/α,β-unsaturated/α-hetero) is 2. The van der Waals surface area contributed by atoms with Crippen LogP contribution in [0.4, 0.5) is 11.4 Å². The maximum Gasteiger partial charge on any atom is 0.186 e. The number of nitrogen functional groups attached to an aromatic ring is 2. The number of ketones is 2. The maximum absolute atomic E-state index is 14.1. The summed E-state index contributed by atoms with van der Waals surface area (Å²) in [7, 11) is 0. The molecular formula is C46H50Cl4N2O2S. The Morgan fingerprint density at radius 2 is 0.836 bits per heavy atom. The van der Waals surface area contributed by atoms with Crippen LogP contribution in [0.2, 0.25) is 20.1 Å². The van der Waals surface area contributed by atoms with Crippen LogP contribution in [-0.2, 0) is 9.59 Å². The van der Waals surface area contributed by atoms with E-state index in [1.165, 1.54) is 11.3 Å². The van der Waals surface area contributed by atoms with Gasteiger partial charge in [0.05, 0.1) is 15.1 Å². The molecule has 5 rings (SSSR count). The SMILES string of the molecule is CC(C)(C)C1=CC(=C(c2ccc(C(=C3C=C(C(C)(C)C)C(=O)C(C(C)(C)C)=C3)c3c(Cl)cc(N)cc3Cl)s2)c2c(N)cc(Cl)cc2Cl)C=C(C(C)(C)C)C1=O. The number of nitrogens with two attached hydrogens (primary N) is 2. The van der Waals surface area contributed by atoms with Crippen molar-refractivity contribution in [2.45, 2.75) is 83.1 Å². The Balaban J connectivity index is 1.97. The first-order valence-electron chi connectivity index (χ1n) is 18.2. The van der Waals surface area contributed by atoms with Gasteiger partial charge in [-0.2, -0.15) is 0 Å². The molecule has 4 nitrogen and oxygen atoms in total. The van der Waals surface area contributed by atoms with Crippen LogP contribution in [0.1, 0.15) is 104 Å². The number of anilines is 2. The first-order valence-corrected chi connectivity index (χ1v) is 20.5. The maximum atomic E-state index is 14.1. The zero-order valence-corrected chi connectivity index (χ0v) is 37.5. The Bertz CT molecular complexity index is 2060. The van der Waals surface area contributed by atoms with E-state index < -0.39 is 21.7 Å². The molecule has 0 atom stereocenters. The van der Waals surface area contributed by atoms with Crippen molar-refractivity contribution in [1.82, 2.24) is 0 Å².